The molecule has 11 aromatic rings. The molecule has 0 bridgehead atoms. The van der Waals surface area contributed by atoms with E-state index in [2.05, 4.69) is 309 Å². The van der Waals surface area contributed by atoms with Gasteiger partial charge in [-0.2, -0.15) is 12.1 Å². The molecule has 79 heavy (non-hydrogen) atoms. The summed E-state index contributed by atoms with van der Waals surface area (Å²) in [5, 5.41) is 2.18. The van der Waals surface area contributed by atoms with Crippen LogP contribution >= 0.6 is 0 Å². The van der Waals surface area contributed by atoms with Crippen LogP contribution in [0.2, 0.25) is 0 Å². The SMILES string of the molecule is CC(C)(C)c1cccc(-[n+]2[c-]n(-c3[c-]c(Oc4[c-]c5c(cc4)c4cc(-c6ccccc6)ccc4n5-c4cc(C(C)(C)C)ccn4)cc(C(C)(C)c4ccccc4)c3)c(C(C)(C)c3ccccc3)c2C(C)(C)c2ccccc2)c1.[Pt]. The molecule has 11 rings (SSSR count). The fourth-order valence-electron chi connectivity index (χ4n) is 11.3. The molecule has 0 atom stereocenters. The summed E-state index contributed by atoms with van der Waals surface area (Å²) in [6.45, 7) is 27.5. The third kappa shape index (κ3) is 10.4. The van der Waals surface area contributed by atoms with Crippen molar-refractivity contribution in [2.75, 3.05) is 0 Å². The van der Waals surface area contributed by atoms with Gasteiger partial charge in [0.25, 0.3) is 6.33 Å². The summed E-state index contributed by atoms with van der Waals surface area (Å²) in [6, 6.07) is 79.5. The van der Waals surface area contributed by atoms with Gasteiger partial charge in [0.1, 0.15) is 5.82 Å². The van der Waals surface area contributed by atoms with E-state index >= 15 is 0 Å². The number of benzene rings is 8. The van der Waals surface area contributed by atoms with Crippen LogP contribution in [-0.4, -0.2) is 14.1 Å². The van der Waals surface area contributed by atoms with Gasteiger partial charge in [-0.05, 0) is 96.6 Å². The fourth-order valence-corrected chi connectivity index (χ4v) is 11.3. The molecule has 0 fully saturated rings. The van der Waals surface area contributed by atoms with Gasteiger partial charge in [-0.1, -0.05) is 234 Å². The van der Waals surface area contributed by atoms with Gasteiger partial charge in [-0.15, -0.1) is 35.2 Å². The minimum atomic E-state index is -0.545. The first-order valence-electron chi connectivity index (χ1n) is 27.4. The number of fused-ring (bicyclic) bond motifs is 3. The third-order valence-electron chi connectivity index (χ3n) is 16.1. The Morgan fingerprint density at radius 1 is 0.443 bits per heavy atom. The van der Waals surface area contributed by atoms with Gasteiger partial charge in [0.05, 0.1) is 17.1 Å². The van der Waals surface area contributed by atoms with E-state index < -0.39 is 16.2 Å². The van der Waals surface area contributed by atoms with Gasteiger partial charge in [0, 0.05) is 55.1 Å². The number of pyridine rings is 1. The number of ether oxygens (including phenoxy) is 1. The first kappa shape index (κ1) is 54.8. The summed E-state index contributed by atoms with van der Waals surface area (Å²) >= 11 is 0. The van der Waals surface area contributed by atoms with Crippen LogP contribution < -0.4 is 9.30 Å². The Morgan fingerprint density at radius 2 is 1.01 bits per heavy atom. The van der Waals surface area contributed by atoms with Crippen LogP contribution in [0.5, 0.6) is 11.5 Å². The monoisotopic (exact) mass is 1210 g/mol. The molecule has 0 aliphatic carbocycles. The van der Waals surface area contributed by atoms with Crippen molar-refractivity contribution in [1.82, 2.24) is 14.1 Å². The summed E-state index contributed by atoms with van der Waals surface area (Å²) < 4.78 is 14.1. The molecule has 3 heterocycles. The molecule has 6 heteroatoms. The van der Waals surface area contributed by atoms with Gasteiger partial charge in [0.2, 0.25) is 0 Å². The molecule has 0 aliphatic rings. The van der Waals surface area contributed by atoms with Gasteiger partial charge in [0.15, 0.2) is 0 Å². The first-order valence-corrected chi connectivity index (χ1v) is 27.4. The number of aromatic nitrogens is 4. The van der Waals surface area contributed by atoms with Crippen LogP contribution in [0.3, 0.4) is 0 Å². The van der Waals surface area contributed by atoms with E-state index in [-0.39, 0.29) is 31.9 Å². The zero-order valence-electron chi connectivity index (χ0n) is 47.6. The Labute approximate surface area is 482 Å². The predicted molar refractivity (Wildman–Crippen MR) is 321 cm³/mol. The zero-order chi connectivity index (χ0) is 54.8. The Hall–Kier alpha value is -7.59. The molecule has 0 aliphatic heterocycles. The van der Waals surface area contributed by atoms with E-state index in [0.717, 1.165) is 67.1 Å². The van der Waals surface area contributed by atoms with Crippen molar-refractivity contribution in [3.63, 3.8) is 0 Å². The number of hydrogen-bond acceptors (Lipinski definition) is 2. The minimum Gasteiger partial charge on any atom is -0.510 e. The molecule has 0 spiro atoms. The van der Waals surface area contributed by atoms with Crippen LogP contribution in [0, 0.1) is 18.5 Å². The van der Waals surface area contributed by atoms with Crippen molar-refractivity contribution in [3.05, 3.63) is 270 Å². The minimum absolute atomic E-state index is 0. The topological polar surface area (TPSA) is 35.9 Å². The molecule has 5 nitrogen and oxygen atoms in total. The van der Waals surface area contributed by atoms with Crippen LogP contribution in [-0.2, 0) is 48.1 Å². The molecule has 0 radical (unpaired) electrons. The summed E-state index contributed by atoms with van der Waals surface area (Å²) in [5.41, 5.74) is 13.7. The second kappa shape index (κ2) is 20.9. The van der Waals surface area contributed by atoms with Crippen molar-refractivity contribution in [1.29, 1.82) is 0 Å². The van der Waals surface area contributed by atoms with E-state index in [1.807, 2.05) is 12.3 Å². The molecule has 0 saturated heterocycles. The maximum atomic E-state index is 7.22. The van der Waals surface area contributed by atoms with Crippen molar-refractivity contribution < 1.29 is 30.4 Å². The van der Waals surface area contributed by atoms with Crippen LogP contribution in [0.15, 0.2) is 206 Å². The fraction of sp³-hybridized carbons (Fsp3) is 0.233. The largest absolute Gasteiger partial charge is 0.510 e. The Kier molecular flexibility index (Phi) is 14.5. The van der Waals surface area contributed by atoms with Crippen LogP contribution in [0.25, 0.3) is 50.1 Å². The van der Waals surface area contributed by atoms with Crippen LogP contribution in [0.1, 0.15) is 128 Å². The third-order valence-corrected chi connectivity index (χ3v) is 16.1. The van der Waals surface area contributed by atoms with Gasteiger partial charge in [-0.25, -0.2) is 4.98 Å². The number of imidazole rings is 1. The second-order valence-corrected chi connectivity index (χ2v) is 24.6. The molecule has 0 unspecified atom stereocenters. The second-order valence-electron chi connectivity index (χ2n) is 24.6. The number of rotatable bonds is 12. The van der Waals surface area contributed by atoms with E-state index in [0.29, 0.717) is 11.5 Å². The average Bonchev–Trinajstić information content (AvgIpc) is 3.89. The van der Waals surface area contributed by atoms with E-state index in [1.54, 1.807) is 0 Å². The molecule has 3 aromatic heterocycles. The first-order chi connectivity index (χ1) is 37.2. The maximum Gasteiger partial charge on any atom is 0.267 e. The van der Waals surface area contributed by atoms with Gasteiger partial charge in [-0.3, -0.25) is 4.57 Å². The molecular weight excluding hydrogens is 1140 g/mol. The van der Waals surface area contributed by atoms with Crippen molar-refractivity contribution in [2.24, 2.45) is 0 Å². The maximum absolute atomic E-state index is 7.22. The molecule has 400 valence electrons. The molecule has 0 amide bonds. The van der Waals surface area contributed by atoms with E-state index in [1.165, 1.54) is 27.8 Å². The molecule has 0 N–H and O–H groups in total. The molecule has 0 saturated carbocycles. The van der Waals surface area contributed by atoms with Crippen molar-refractivity contribution in [2.45, 2.75) is 110 Å². The summed E-state index contributed by atoms with van der Waals surface area (Å²) in [7, 11) is 0. The van der Waals surface area contributed by atoms with E-state index in [9.17, 15) is 0 Å². The van der Waals surface area contributed by atoms with Crippen molar-refractivity contribution >= 4 is 21.8 Å². The predicted octanol–water partition coefficient (Wildman–Crippen LogP) is 17.7. The van der Waals surface area contributed by atoms with Crippen LogP contribution in [0.4, 0.5) is 0 Å². The normalized spacial score (nSPS) is 12.5. The smallest absolute Gasteiger partial charge is 0.267 e. The Balaban J connectivity index is 0.00000704. The van der Waals surface area contributed by atoms with Crippen molar-refractivity contribution in [3.8, 4) is 39.8 Å². The van der Waals surface area contributed by atoms with Gasteiger partial charge < -0.3 is 13.9 Å². The zero-order valence-corrected chi connectivity index (χ0v) is 49.9. The standard InChI is InChI=1S/C73H70N4O.Pt/c1-69(2,3)55-34-25-35-58(43-55)75-49-76(68(73(11,12)54-32-23-16-24-33-54)67(75)72(9,10)53-30-21-15-22-31-53)59-44-57(71(7,8)52-28-19-14-20-29-52)45-61(47-59)78-60-37-38-62-63-42-51(50-26-17-13-18-27-50)36-39-64(63)77(65(62)48-60)66-46-56(40-41-74-66)70(4,5)6;/h13-46H,1-12H3;/q-2;. The summed E-state index contributed by atoms with van der Waals surface area (Å²) in [6.07, 6.45) is 5.97. The quantitative estimate of drug-likeness (QED) is 0.0903. The Morgan fingerprint density at radius 3 is 1.63 bits per heavy atom. The summed E-state index contributed by atoms with van der Waals surface area (Å²) in [5.74, 6) is 1.97. The molecular formula is C73H70N4OPt-2. The summed E-state index contributed by atoms with van der Waals surface area (Å²) in [4.78, 5) is 5.02. The van der Waals surface area contributed by atoms with E-state index in [4.69, 9.17) is 9.72 Å². The Bertz CT molecular complexity index is 3970. The van der Waals surface area contributed by atoms with Gasteiger partial charge >= 0.3 is 0 Å². The number of nitrogens with zero attached hydrogens (tertiary/aromatic N) is 4. The number of hydrogen-bond donors (Lipinski definition) is 0. The average molecular weight is 1210 g/mol. The molecule has 8 aromatic carbocycles.